The first-order chi connectivity index (χ1) is 11.4. The number of rotatable bonds is 3. The van der Waals surface area contributed by atoms with Crippen LogP contribution in [-0.2, 0) is 17.5 Å². The third kappa shape index (κ3) is 3.68. The number of nitrogens with one attached hydrogen (secondary N) is 1. The fourth-order valence-electron chi connectivity index (χ4n) is 2.25. The third-order valence-electron chi connectivity index (χ3n) is 3.43. The molecule has 0 fully saturated rings. The van der Waals surface area contributed by atoms with Crippen molar-refractivity contribution in [2.45, 2.75) is 12.7 Å². The first kappa shape index (κ1) is 15.9. The van der Waals surface area contributed by atoms with E-state index < -0.39 is 11.7 Å². The van der Waals surface area contributed by atoms with E-state index in [0.29, 0.717) is 5.69 Å². The number of carbonyl (C=O) groups is 1. The summed E-state index contributed by atoms with van der Waals surface area (Å²) in [6, 6.07) is 11.9. The van der Waals surface area contributed by atoms with Crippen LogP contribution in [-0.4, -0.2) is 11.0 Å². The van der Waals surface area contributed by atoms with E-state index in [9.17, 15) is 18.0 Å². The normalized spacial score (nSPS) is 11.5. The number of hydrogen-bond acceptors (Lipinski definition) is 2. The van der Waals surface area contributed by atoms with Crippen LogP contribution in [0.3, 0.4) is 0 Å². The summed E-state index contributed by atoms with van der Waals surface area (Å²) in [5, 5.41) is 8.59. The second-order valence-electron chi connectivity index (χ2n) is 5.22. The van der Waals surface area contributed by atoms with E-state index in [0.717, 1.165) is 22.9 Å². The molecule has 0 aliphatic rings. The van der Waals surface area contributed by atoms with Gasteiger partial charge in [0.05, 0.1) is 5.56 Å². The lowest BCUT2D eigenvalue weighted by Crippen LogP contribution is -2.43. The summed E-state index contributed by atoms with van der Waals surface area (Å²) in [5.41, 5.74) is -0.458. The quantitative estimate of drug-likeness (QED) is 0.749. The van der Waals surface area contributed by atoms with Crippen molar-refractivity contribution in [2.75, 3.05) is 5.32 Å². The van der Waals surface area contributed by atoms with Gasteiger partial charge in [0.25, 0.3) is 12.5 Å². The van der Waals surface area contributed by atoms with Crippen LogP contribution in [0.4, 0.5) is 18.9 Å². The summed E-state index contributed by atoms with van der Waals surface area (Å²) in [6.07, 6.45) is -1.00. The number of nitrogens with zero attached hydrogens (tertiary/aromatic N) is 2. The van der Waals surface area contributed by atoms with Crippen molar-refractivity contribution in [3.8, 4) is 0 Å². The minimum Gasteiger partial charge on any atom is -0.321 e. The summed E-state index contributed by atoms with van der Waals surface area (Å²) >= 11 is 0. The number of benzene rings is 2. The molecule has 24 heavy (non-hydrogen) atoms. The van der Waals surface area contributed by atoms with Crippen LogP contribution in [0.5, 0.6) is 0 Å². The van der Waals surface area contributed by atoms with E-state index in [2.05, 4.69) is 10.4 Å². The highest BCUT2D eigenvalue weighted by Crippen LogP contribution is 2.29. The van der Waals surface area contributed by atoms with E-state index in [1.54, 1.807) is 12.4 Å². The Balaban J connectivity index is 1.68. The SMILES string of the molecule is O=C(C[n+]1cc2ccccc2cn1)Nc1ccc(C(F)(F)F)cc1. The van der Waals surface area contributed by atoms with E-state index in [4.69, 9.17) is 0 Å². The Bertz CT molecular complexity index is 876. The molecule has 0 aliphatic carbocycles. The molecule has 0 radical (unpaired) electrons. The molecule has 3 rings (SSSR count). The lowest BCUT2D eigenvalue weighted by atomic mass is 10.2. The van der Waals surface area contributed by atoms with Gasteiger partial charge >= 0.3 is 6.18 Å². The topological polar surface area (TPSA) is 45.9 Å². The van der Waals surface area contributed by atoms with Crippen LogP contribution < -0.4 is 10.00 Å². The van der Waals surface area contributed by atoms with Crippen molar-refractivity contribution >= 4 is 22.4 Å². The number of halogens is 3. The number of aromatic nitrogens is 2. The van der Waals surface area contributed by atoms with E-state index in [1.165, 1.54) is 16.8 Å². The van der Waals surface area contributed by atoms with Gasteiger partial charge in [-0.05, 0) is 35.4 Å². The Labute approximate surface area is 135 Å². The molecule has 1 heterocycles. The molecule has 7 heteroatoms. The number of alkyl halides is 3. The summed E-state index contributed by atoms with van der Waals surface area (Å²) in [5.74, 6) is -0.373. The predicted molar refractivity (Wildman–Crippen MR) is 82.0 cm³/mol. The zero-order chi connectivity index (χ0) is 17.2. The van der Waals surface area contributed by atoms with E-state index in [1.807, 2.05) is 24.3 Å². The van der Waals surface area contributed by atoms with Crippen molar-refractivity contribution in [2.24, 2.45) is 0 Å². The number of amides is 1. The Morgan fingerprint density at radius 2 is 1.71 bits per heavy atom. The molecule has 122 valence electrons. The summed E-state index contributed by atoms with van der Waals surface area (Å²) in [6.45, 7) is -0.0359. The maximum atomic E-state index is 12.5. The molecular weight excluding hydrogens is 319 g/mol. The van der Waals surface area contributed by atoms with Crippen LogP contribution in [0.2, 0.25) is 0 Å². The largest absolute Gasteiger partial charge is 0.416 e. The first-order valence-corrected chi connectivity index (χ1v) is 7.13. The second kappa shape index (κ2) is 6.27. The van der Waals surface area contributed by atoms with E-state index in [-0.39, 0.29) is 12.5 Å². The standard InChI is InChI=1S/C17H12F3N3O/c18-17(19,20)14-5-7-15(8-6-14)22-16(24)11-23-10-13-4-2-1-3-12(13)9-21-23/h1-10H,11H2/p+1. The number of hydrogen-bond donors (Lipinski definition) is 1. The molecule has 0 atom stereocenters. The lowest BCUT2D eigenvalue weighted by molar-refractivity contribution is -0.740. The van der Waals surface area contributed by atoms with Gasteiger partial charge in [0.15, 0.2) is 0 Å². The number of carbonyl (C=O) groups excluding carboxylic acids is 1. The zero-order valence-corrected chi connectivity index (χ0v) is 12.4. The second-order valence-corrected chi connectivity index (χ2v) is 5.22. The van der Waals surface area contributed by atoms with Crippen molar-refractivity contribution in [1.29, 1.82) is 0 Å². The third-order valence-corrected chi connectivity index (χ3v) is 3.43. The molecule has 1 amide bonds. The number of fused-ring (bicyclic) bond motifs is 1. The molecule has 4 nitrogen and oxygen atoms in total. The minimum absolute atomic E-state index is 0.0359. The van der Waals surface area contributed by atoms with Crippen molar-refractivity contribution in [3.63, 3.8) is 0 Å². The molecule has 0 bridgehead atoms. The summed E-state index contributed by atoms with van der Waals surface area (Å²) in [7, 11) is 0. The van der Waals surface area contributed by atoms with Gasteiger partial charge in [-0.2, -0.15) is 13.2 Å². The van der Waals surface area contributed by atoms with Gasteiger partial charge in [-0.15, -0.1) is 0 Å². The fourth-order valence-corrected chi connectivity index (χ4v) is 2.25. The highest BCUT2D eigenvalue weighted by molar-refractivity contribution is 5.89. The minimum atomic E-state index is -4.40. The average Bonchev–Trinajstić information content (AvgIpc) is 2.54. The molecule has 1 aromatic heterocycles. The molecule has 0 saturated heterocycles. The van der Waals surface area contributed by atoms with E-state index >= 15 is 0 Å². The molecular formula is C17H13F3N3O+. The molecule has 3 aromatic rings. The Morgan fingerprint density at radius 3 is 2.38 bits per heavy atom. The van der Waals surface area contributed by atoms with Gasteiger partial charge in [-0.1, -0.05) is 22.9 Å². The number of anilines is 1. The first-order valence-electron chi connectivity index (χ1n) is 7.13. The summed E-state index contributed by atoms with van der Waals surface area (Å²) in [4.78, 5) is 12.0. The molecule has 0 saturated carbocycles. The van der Waals surface area contributed by atoms with Gasteiger partial charge < -0.3 is 5.32 Å². The van der Waals surface area contributed by atoms with Crippen LogP contribution >= 0.6 is 0 Å². The Hall–Kier alpha value is -2.96. The van der Waals surface area contributed by atoms with Gasteiger partial charge in [0, 0.05) is 16.5 Å². The van der Waals surface area contributed by atoms with Crippen molar-refractivity contribution < 1.29 is 22.6 Å². The van der Waals surface area contributed by atoms with Gasteiger partial charge in [0.2, 0.25) is 6.20 Å². The summed E-state index contributed by atoms with van der Waals surface area (Å²) < 4.78 is 39.0. The van der Waals surface area contributed by atoms with Crippen LogP contribution in [0.1, 0.15) is 5.56 Å². The van der Waals surface area contributed by atoms with Crippen molar-refractivity contribution in [3.05, 3.63) is 66.5 Å². The highest BCUT2D eigenvalue weighted by atomic mass is 19.4. The van der Waals surface area contributed by atoms with Gasteiger partial charge in [0.1, 0.15) is 6.20 Å². The highest BCUT2D eigenvalue weighted by Gasteiger charge is 2.30. The maximum Gasteiger partial charge on any atom is 0.416 e. The monoisotopic (exact) mass is 332 g/mol. The molecule has 0 spiro atoms. The smallest absolute Gasteiger partial charge is 0.321 e. The van der Waals surface area contributed by atoms with Crippen LogP contribution in [0.15, 0.2) is 60.9 Å². The maximum absolute atomic E-state index is 12.5. The molecule has 2 aromatic carbocycles. The zero-order valence-electron chi connectivity index (χ0n) is 12.4. The van der Waals surface area contributed by atoms with Crippen molar-refractivity contribution in [1.82, 2.24) is 5.10 Å². The molecule has 0 unspecified atom stereocenters. The Morgan fingerprint density at radius 1 is 1.04 bits per heavy atom. The average molecular weight is 332 g/mol. The Kier molecular flexibility index (Phi) is 4.16. The van der Waals surface area contributed by atoms with Crippen LogP contribution in [0.25, 0.3) is 10.8 Å². The molecule has 0 aliphatic heterocycles. The fraction of sp³-hybridized carbons (Fsp3) is 0.118. The van der Waals surface area contributed by atoms with Crippen LogP contribution in [0, 0.1) is 0 Å². The van der Waals surface area contributed by atoms with Gasteiger partial charge in [-0.3, -0.25) is 4.79 Å². The molecule has 1 N–H and O–H groups in total. The predicted octanol–water partition coefficient (Wildman–Crippen LogP) is 3.18. The lowest BCUT2D eigenvalue weighted by Gasteiger charge is -2.07. The van der Waals surface area contributed by atoms with Gasteiger partial charge in [-0.25, -0.2) is 0 Å².